The van der Waals surface area contributed by atoms with Crippen LogP contribution in [-0.2, 0) is 0 Å². The van der Waals surface area contributed by atoms with Crippen LogP contribution in [0.4, 0.5) is 26.0 Å². The van der Waals surface area contributed by atoms with Crippen molar-refractivity contribution in [2.75, 3.05) is 11.1 Å². The summed E-state index contributed by atoms with van der Waals surface area (Å²) < 4.78 is 27.0. The molecule has 0 saturated heterocycles. The molecule has 1 aromatic heterocycles. The first-order valence-corrected chi connectivity index (χ1v) is 5.40. The number of rotatable bonds is 2. The summed E-state index contributed by atoms with van der Waals surface area (Å²) in [5.74, 6) is -0.913. The number of hydrogen-bond donors (Lipinski definition) is 2. The summed E-state index contributed by atoms with van der Waals surface area (Å²) in [5, 5.41) is 11.4. The number of halogens is 2. The van der Waals surface area contributed by atoms with E-state index in [4.69, 9.17) is 11.0 Å². The second kappa shape index (κ2) is 4.90. The molecule has 0 aliphatic rings. The molecule has 1 heterocycles. The molecule has 0 aliphatic heterocycles. The Bertz CT molecular complexity index is 677. The van der Waals surface area contributed by atoms with Gasteiger partial charge in [-0.2, -0.15) is 5.26 Å². The first kappa shape index (κ1) is 12.8. The molecule has 0 unspecified atom stereocenters. The molecule has 0 atom stereocenters. The van der Waals surface area contributed by atoms with Gasteiger partial charge in [-0.25, -0.2) is 13.8 Å². The molecule has 0 bridgehead atoms. The summed E-state index contributed by atoms with van der Waals surface area (Å²) in [5.41, 5.74) is 5.93. The summed E-state index contributed by atoms with van der Waals surface area (Å²) in [6.45, 7) is 1.47. The highest BCUT2D eigenvalue weighted by Crippen LogP contribution is 2.23. The van der Waals surface area contributed by atoms with Gasteiger partial charge in [0.1, 0.15) is 23.5 Å². The normalized spacial score (nSPS) is 10.0. The highest BCUT2D eigenvalue weighted by Gasteiger charge is 2.09. The number of benzene rings is 1. The lowest BCUT2D eigenvalue weighted by molar-refractivity contribution is 0.595. The summed E-state index contributed by atoms with van der Waals surface area (Å²) in [4.78, 5) is 3.89. The predicted octanol–water partition coefficient (Wildman–Crippen LogP) is 2.87. The number of nitrogens with zero attached hydrogens (tertiary/aromatic N) is 2. The van der Waals surface area contributed by atoms with Crippen LogP contribution in [0, 0.1) is 29.9 Å². The third-order valence-corrected chi connectivity index (χ3v) is 2.54. The van der Waals surface area contributed by atoms with E-state index in [1.807, 2.05) is 6.07 Å². The van der Waals surface area contributed by atoms with Crippen molar-refractivity contribution in [3.8, 4) is 6.07 Å². The molecule has 0 radical (unpaired) electrons. The minimum atomic E-state index is -0.601. The van der Waals surface area contributed by atoms with Crippen molar-refractivity contribution in [1.82, 2.24) is 4.98 Å². The fraction of sp³-hybridized carbons (Fsp3) is 0.0769. The maximum Gasteiger partial charge on any atom is 0.165 e. The van der Waals surface area contributed by atoms with Gasteiger partial charge in [0.2, 0.25) is 0 Å². The molecule has 96 valence electrons. The second-order valence-electron chi connectivity index (χ2n) is 3.95. The van der Waals surface area contributed by atoms with Crippen LogP contribution in [0.25, 0.3) is 0 Å². The molecule has 4 nitrogen and oxygen atoms in total. The molecule has 0 spiro atoms. The van der Waals surface area contributed by atoms with Crippen LogP contribution in [0.15, 0.2) is 24.3 Å². The Hall–Kier alpha value is -2.68. The molecule has 2 rings (SSSR count). The number of nitriles is 1. The van der Waals surface area contributed by atoms with Crippen molar-refractivity contribution in [3.63, 3.8) is 0 Å². The quantitative estimate of drug-likeness (QED) is 0.870. The first-order valence-electron chi connectivity index (χ1n) is 5.40. The Kier molecular flexibility index (Phi) is 3.29. The minimum Gasteiger partial charge on any atom is -0.396 e. The fourth-order valence-corrected chi connectivity index (χ4v) is 1.51. The maximum atomic E-state index is 13.6. The number of nitrogens with two attached hydrogens (primary N) is 1. The molecule has 1 aromatic carbocycles. The van der Waals surface area contributed by atoms with E-state index < -0.39 is 11.6 Å². The zero-order valence-corrected chi connectivity index (χ0v) is 10.0. The Morgan fingerprint density at radius 3 is 2.68 bits per heavy atom. The van der Waals surface area contributed by atoms with Crippen molar-refractivity contribution in [2.24, 2.45) is 0 Å². The zero-order valence-electron chi connectivity index (χ0n) is 10.0. The SMILES string of the molecule is Cc1cc(F)c(Nc2ccc(N)c(C#N)n2)cc1F. The maximum absolute atomic E-state index is 13.6. The predicted molar refractivity (Wildman–Crippen MR) is 67.7 cm³/mol. The van der Waals surface area contributed by atoms with E-state index in [0.717, 1.165) is 12.1 Å². The molecule has 6 heteroatoms. The smallest absolute Gasteiger partial charge is 0.165 e. The van der Waals surface area contributed by atoms with Gasteiger partial charge in [-0.05, 0) is 30.7 Å². The molecule has 19 heavy (non-hydrogen) atoms. The number of aromatic nitrogens is 1. The van der Waals surface area contributed by atoms with Crippen LogP contribution in [0.5, 0.6) is 0 Å². The van der Waals surface area contributed by atoms with Gasteiger partial charge in [0.25, 0.3) is 0 Å². The van der Waals surface area contributed by atoms with Gasteiger partial charge in [0.05, 0.1) is 11.4 Å². The lowest BCUT2D eigenvalue weighted by atomic mass is 10.2. The number of pyridine rings is 1. The Morgan fingerprint density at radius 1 is 1.26 bits per heavy atom. The topological polar surface area (TPSA) is 74.7 Å². The van der Waals surface area contributed by atoms with E-state index in [2.05, 4.69) is 10.3 Å². The molecule has 3 N–H and O–H groups in total. The van der Waals surface area contributed by atoms with Gasteiger partial charge < -0.3 is 11.1 Å². The van der Waals surface area contributed by atoms with E-state index in [1.165, 1.54) is 19.1 Å². The van der Waals surface area contributed by atoms with Gasteiger partial charge in [-0.1, -0.05) is 0 Å². The third-order valence-electron chi connectivity index (χ3n) is 2.54. The lowest BCUT2D eigenvalue weighted by Gasteiger charge is -2.09. The largest absolute Gasteiger partial charge is 0.396 e. The summed E-state index contributed by atoms with van der Waals surface area (Å²) in [6, 6.07) is 6.88. The molecule has 2 aromatic rings. The van der Waals surface area contributed by atoms with Crippen molar-refractivity contribution >= 4 is 17.2 Å². The second-order valence-corrected chi connectivity index (χ2v) is 3.95. The van der Waals surface area contributed by atoms with E-state index in [-0.39, 0.29) is 28.5 Å². The summed E-state index contributed by atoms with van der Waals surface area (Å²) in [6.07, 6.45) is 0. The highest BCUT2D eigenvalue weighted by molar-refractivity contribution is 5.61. The Balaban J connectivity index is 2.37. The first-order chi connectivity index (χ1) is 9.01. The molecule has 0 amide bonds. The van der Waals surface area contributed by atoms with Crippen LogP contribution in [0.3, 0.4) is 0 Å². The van der Waals surface area contributed by atoms with Gasteiger partial charge in [0, 0.05) is 6.07 Å². The van der Waals surface area contributed by atoms with Crippen LogP contribution < -0.4 is 11.1 Å². The van der Waals surface area contributed by atoms with E-state index >= 15 is 0 Å². The van der Waals surface area contributed by atoms with Gasteiger partial charge in [0.15, 0.2) is 5.69 Å². The average Bonchev–Trinajstić information content (AvgIpc) is 2.38. The summed E-state index contributed by atoms with van der Waals surface area (Å²) >= 11 is 0. The van der Waals surface area contributed by atoms with Gasteiger partial charge in [-0.3, -0.25) is 0 Å². The molecule has 0 fully saturated rings. The highest BCUT2D eigenvalue weighted by atomic mass is 19.1. The fourth-order valence-electron chi connectivity index (χ4n) is 1.51. The minimum absolute atomic E-state index is 0.0259. The third kappa shape index (κ3) is 2.60. The lowest BCUT2D eigenvalue weighted by Crippen LogP contribution is -2.01. The monoisotopic (exact) mass is 260 g/mol. The van der Waals surface area contributed by atoms with Crippen molar-refractivity contribution in [3.05, 3.63) is 47.2 Å². The standard InChI is InChI=1S/C13H10F2N4/c1-7-4-9(15)11(5-8(7)14)18-13-3-2-10(17)12(6-16)19-13/h2-5H,17H2,1H3,(H,18,19). The van der Waals surface area contributed by atoms with E-state index in [0.29, 0.717) is 0 Å². The Morgan fingerprint density at radius 2 is 2.00 bits per heavy atom. The average molecular weight is 260 g/mol. The summed E-state index contributed by atoms with van der Waals surface area (Å²) in [7, 11) is 0. The van der Waals surface area contributed by atoms with Crippen molar-refractivity contribution in [1.29, 1.82) is 5.26 Å². The number of anilines is 3. The van der Waals surface area contributed by atoms with Crippen molar-refractivity contribution < 1.29 is 8.78 Å². The number of nitrogen functional groups attached to an aromatic ring is 1. The van der Waals surface area contributed by atoms with Crippen LogP contribution in [0.2, 0.25) is 0 Å². The van der Waals surface area contributed by atoms with Crippen LogP contribution >= 0.6 is 0 Å². The molecular weight excluding hydrogens is 250 g/mol. The van der Waals surface area contributed by atoms with Crippen LogP contribution in [0.1, 0.15) is 11.3 Å². The van der Waals surface area contributed by atoms with E-state index in [9.17, 15) is 8.78 Å². The molecular formula is C13H10F2N4. The van der Waals surface area contributed by atoms with E-state index in [1.54, 1.807) is 0 Å². The number of hydrogen-bond acceptors (Lipinski definition) is 4. The number of aryl methyl sites for hydroxylation is 1. The zero-order chi connectivity index (χ0) is 14.0. The Labute approximate surface area is 108 Å². The van der Waals surface area contributed by atoms with Crippen molar-refractivity contribution in [2.45, 2.75) is 6.92 Å². The molecule has 0 saturated carbocycles. The number of nitrogens with one attached hydrogen (secondary N) is 1. The molecule has 0 aliphatic carbocycles. The van der Waals surface area contributed by atoms with Crippen LogP contribution in [-0.4, -0.2) is 4.98 Å². The van der Waals surface area contributed by atoms with Gasteiger partial charge >= 0.3 is 0 Å². The van der Waals surface area contributed by atoms with Gasteiger partial charge in [-0.15, -0.1) is 0 Å².